The maximum atomic E-state index is 12.3. The van der Waals surface area contributed by atoms with E-state index in [0.717, 1.165) is 22.5 Å². The van der Waals surface area contributed by atoms with Crippen LogP contribution in [0.2, 0.25) is 5.02 Å². The summed E-state index contributed by atoms with van der Waals surface area (Å²) in [4.78, 5) is 12.3. The van der Waals surface area contributed by atoms with Gasteiger partial charge < -0.3 is 10.1 Å². The maximum absolute atomic E-state index is 12.3. The summed E-state index contributed by atoms with van der Waals surface area (Å²) in [5.41, 5.74) is 2.04. The fourth-order valence-electron chi connectivity index (χ4n) is 2.37. The highest BCUT2D eigenvalue weighted by molar-refractivity contribution is 7.92. The molecule has 2 aromatic carbocycles. The largest absolute Gasteiger partial charge is 0.495 e. The zero-order chi connectivity index (χ0) is 19.3. The van der Waals surface area contributed by atoms with Gasteiger partial charge in [-0.25, -0.2) is 8.42 Å². The SMILES string of the molecule is CCc1ccc(NC(=O)CN(c2ccc(OC)c(Cl)c2)S(C)(=O)=O)cc1. The van der Waals surface area contributed by atoms with Crippen LogP contribution < -0.4 is 14.4 Å². The highest BCUT2D eigenvalue weighted by Crippen LogP contribution is 2.30. The highest BCUT2D eigenvalue weighted by Gasteiger charge is 2.22. The van der Waals surface area contributed by atoms with E-state index >= 15 is 0 Å². The van der Waals surface area contributed by atoms with E-state index in [0.29, 0.717) is 11.4 Å². The standard InChI is InChI=1S/C18H21ClN2O4S/c1-4-13-5-7-14(8-6-13)20-18(22)12-21(26(3,23)24)15-9-10-17(25-2)16(19)11-15/h5-11H,4,12H2,1-3H3,(H,20,22). The molecule has 0 atom stereocenters. The number of anilines is 2. The molecule has 0 saturated heterocycles. The van der Waals surface area contributed by atoms with Crippen LogP contribution in [0.3, 0.4) is 0 Å². The first-order chi connectivity index (χ1) is 12.2. The Morgan fingerprint density at radius 3 is 2.35 bits per heavy atom. The van der Waals surface area contributed by atoms with Gasteiger partial charge >= 0.3 is 0 Å². The molecule has 140 valence electrons. The summed E-state index contributed by atoms with van der Waals surface area (Å²) >= 11 is 6.07. The van der Waals surface area contributed by atoms with Crippen molar-refractivity contribution in [2.24, 2.45) is 0 Å². The number of hydrogen-bond donors (Lipinski definition) is 1. The third-order valence-corrected chi connectivity index (χ3v) is 5.19. The number of benzene rings is 2. The van der Waals surface area contributed by atoms with Crippen molar-refractivity contribution in [1.29, 1.82) is 0 Å². The number of sulfonamides is 1. The van der Waals surface area contributed by atoms with Crippen LogP contribution in [-0.4, -0.2) is 34.2 Å². The lowest BCUT2D eigenvalue weighted by Gasteiger charge is -2.22. The summed E-state index contributed by atoms with van der Waals surface area (Å²) in [6, 6.07) is 11.9. The van der Waals surface area contributed by atoms with Crippen LogP contribution >= 0.6 is 11.6 Å². The molecule has 0 unspecified atom stereocenters. The number of nitrogens with one attached hydrogen (secondary N) is 1. The number of rotatable bonds is 7. The molecule has 2 aromatic rings. The van der Waals surface area contributed by atoms with Gasteiger partial charge in [0.2, 0.25) is 15.9 Å². The van der Waals surface area contributed by atoms with E-state index in [9.17, 15) is 13.2 Å². The Kier molecular flexibility index (Phi) is 6.50. The molecule has 6 nitrogen and oxygen atoms in total. The van der Waals surface area contributed by atoms with E-state index in [2.05, 4.69) is 5.32 Å². The van der Waals surface area contributed by atoms with E-state index in [-0.39, 0.29) is 17.3 Å². The monoisotopic (exact) mass is 396 g/mol. The van der Waals surface area contributed by atoms with Crippen LogP contribution in [0.15, 0.2) is 42.5 Å². The molecule has 0 bridgehead atoms. The third-order valence-electron chi connectivity index (χ3n) is 3.76. The van der Waals surface area contributed by atoms with Gasteiger partial charge in [0.05, 0.1) is 24.1 Å². The summed E-state index contributed by atoms with van der Waals surface area (Å²) in [7, 11) is -2.21. The minimum absolute atomic E-state index is 0.259. The lowest BCUT2D eigenvalue weighted by molar-refractivity contribution is -0.114. The number of methoxy groups -OCH3 is 1. The minimum Gasteiger partial charge on any atom is -0.495 e. The van der Waals surface area contributed by atoms with Gasteiger partial charge in [0.15, 0.2) is 0 Å². The number of carbonyl (C=O) groups excluding carboxylic acids is 1. The molecule has 8 heteroatoms. The number of ether oxygens (including phenoxy) is 1. The summed E-state index contributed by atoms with van der Waals surface area (Å²) in [5.74, 6) is -0.0315. The predicted molar refractivity (Wildman–Crippen MR) is 105 cm³/mol. The van der Waals surface area contributed by atoms with Crippen LogP contribution in [0, 0.1) is 0 Å². The van der Waals surface area contributed by atoms with Crippen LogP contribution in [-0.2, 0) is 21.2 Å². The van der Waals surface area contributed by atoms with Crippen molar-refractivity contribution in [1.82, 2.24) is 0 Å². The van der Waals surface area contributed by atoms with Gasteiger partial charge in [-0.15, -0.1) is 0 Å². The van der Waals surface area contributed by atoms with Gasteiger partial charge in [-0.2, -0.15) is 0 Å². The average Bonchev–Trinajstić information content (AvgIpc) is 2.59. The zero-order valence-corrected chi connectivity index (χ0v) is 16.4. The van der Waals surface area contributed by atoms with Gasteiger partial charge in [0.1, 0.15) is 12.3 Å². The van der Waals surface area contributed by atoms with Crippen molar-refractivity contribution >= 4 is 38.9 Å². The van der Waals surface area contributed by atoms with Crippen LogP contribution in [0.25, 0.3) is 0 Å². The highest BCUT2D eigenvalue weighted by atomic mass is 35.5. The van der Waals surface area contributed by atoms with Crippen LogP contribution in [0.5, 0.6) is 5.75 Å². The summed E-state index contributed by atoms with van der Waals surface area (Å²) < 4.78 is 30.3. The van der Waals surface area contributed by atoms with Crippen molar-refractivity contribution in [2.45, 2.75) is 13.3 Å². The molecule has 1 N–H and O–H groups in total. The van der Waals surface area contributed by atoms with Gasteiger partial charge in [-0.05, 0) is 42.3 Å². The molecule has 0 fully saturated rings. The van der Waals surface area contributed by atoms with Crippen molar-refractivity contribution in [2.75, 3.05) is 29.5 Å². The Morgan fingerprint density at radius 2 is 1.85 bits per heavy atom. The molecule has 0 spiro atoms. The molecule has 0 aliphatic carbocycles. The van der Waals surface area contributed by atoms with Gasteiger partial charge in [-0.1, -0.05) is 30.7 Å². The Bertz CT molecular complexity index is 883. The third kappa shape index (κ3) is 5.12. The Balaban J connectivity index is 2.19. The number of hydrogen-bond acceptors (Lipinski definition) is 4. The molecule has 0 heterocycles. The van der Waals surface area contributed by atoms with Crippen molar-refractivity contribution in [3.8, 4) is 5.75 Å². The molecule has 0 aliphatic rings. The number of halogens is 1. The quantitative estimate of drug-likeness (QED) is 0.778. The zero-order valence-electron chi connectivity index (χ0n) is 14.8. The van der Waals surface area contributed by atoms with Gasteiger partial charge in [0.25, 0.3) is 0 Å². The number of amides is 1. The normalized spacial score (nSPS) is 11.1. The van der Waals surface area contributed by atoms with E-state index in [1.165, 1.54) is 19.2 Å². The fourth-order valence-corrected chi connectivity index (χ4v) is 3.47. The van der Waals surface area contributed by atoms with Crippen LogP contribution in [0.1, 0.15) is 12.5 Å². The van der Waals surface area contributed by atoms with Crippen molar-refractivity contribution in [3.05, 3.63) is 53.1 Å². The van der Waals surface area contributed by atoms with E-state index in [1.807, 2.05) is 19.1 Å². The molecule has 2 rings (SSSR count). The van der Waals surface area contributed by atoms with Gasteiger partial charge in [0, 0.05) is 5.69 Å². The first-order valence-electron chi connectivity index (χ1n) is 7.94. The maximum Gasteiger partial charge on any atom is 0.245 e. The smallest absolute Gasteiger partial charge is 0.245 e. The molecule has 1 amide bonds. The number of aryl methyl sites for hydroxylation is 1. The molecular weight excluding hydrogens is 376 g/mol. The average molecular weight is 397 g/mol. The number of carbonyl (C=O) groups is 1. The fraction of sp³-hybridized carbons (Fsp3) is 0.278. The van der Waals surface area contributed by atoms with E-state index < -0.39 is 15.9 Å². The summed E-state index contributed by atoms with van der Waals surface area (Å²) in [5, 5.41) is 2.96. The second-order valence-corrected chi connectivity index (χ2v) is 8.00. The second kappa shape index (κ2) is 8.42. The minimum atomic E-state index is -3.68. The molecule has 0 aliphatic heterocycles. The molecule has 0 saturated carbocycles. The van der Waals surface area contributed by atoms with Gasteiger partial charge in [-0.3, -0.25) is 9.10 Å². The molecule has 0 radical (unpaired) electrons. The predicted octanol–water partition coefficient (Wildman–Crippen LogP) is 3.32. The second-order valence-electron chi connectivity index (χ2n) is 5.69. The summed E-state index contributed by atoms with van der Waals surface area (Å²) in [6.45, 7) is 1.68. The number of nitrogens with zero attached hydrogens (tertiary/aromatic N) is 1. The first kappa shape index (κ1) is 20.1. The first-order valence-corrected chi connectivity index (χ1v) is 10.2. The molecule has 26 heavy (non-hydrogen) atoms. The Hall–Kier alpha value is -2.25. The Labute approximate surface area is 158 Å². The van der Waals surface area contributed by atoms with E-state index in [1.54, 1.807) is 18.2 Å². The Morgan fingerprint density at radius 1 is 1.19 bits per heavy atom. The van der Waals surface area contributed by atoms with Crippen molar-refractivity contribution < 1.29 is 17.9 Å². The lowest BCUT2D eigenvalue weighted by Crippen LogP contribution is -2.37. The van der Waals surface area contributed by atoms with E-state index in [4.69, 9.17) is 16.3 Å². The topological polar surface area (TPSA) is 75.7 Å². The lowest BCUT2D eigenvalue weighted by atomic mass is 10.1. The summed E-state index contributed by atoms with van der Waals surface area (Å²) in [6.07, 6.45) is 1.93. The van der Waals surface area contributed by atoms with Crippen LogP contribution in [0.4, 0.5) is 11.4 Å². The van der Waals surface area contributed by atoms with Crippen molar-refractivity contribution in [3.63, 3.8) is 0 Å². The molecule has 0 aromatic heterocycles. The molecular formula is C18H21ClN2O4S.